The molecule has 0 heterocycles. The van der Waals surface area contributed by atoms with E-state index in [2.05, 4.69) is 4.74 Å². The summed E-state index contributed by atoms with van der Waals surface area (Å²) in [6, 6.07) is 9.47. The number of carboxylic acid groups (broad SMARTS) is 1. The van der Waals surface area contributed by atoms with Crippen molar-refractivity contribution < 1.29 is 107 Å². The SMILES string of the molecule is O=C(COCCOCCOCCO)OCc1ccccc1.O=C([O-])COCCOCCOCCO.OCCOCCOCCO.[Na+]. The molecule has 264 valence electrons. The van der Waals surface area contributed by atoms with Gasteiger partial charge in [-0.1, -0.05) is 30.3 Å². The Morgan fingerprint density at radius 2 is 0.826 bits per heavy atom. The standard InChI is InChI=1S/C15H22O6.C8H16O6.C6H14O4.Na/c16-6-7-18-8-9-19-10-11-20-13-15(17)21-12-14-4-2-1-3-5-14;9-1-2-12-3-4-13-5-6-14-7-8(10)11;7-1-3-9-5-6-10-4-2-8;/h1-5,16H,6-13H2;9H,1-7H2,(H,10,11);7-8H,1-6H2;/q;;;+1/p-1. The van der Waals surface area contributed by atoms with Crippen molar-refractivity contribution in [3.8, 4) is 0 Å². The van der Waals surface area contributed by atoms with E-state index in [9.17, 15) is 14.7 Å². The Kier molecular flexibility index (Phi) is 46.6. The van der Waals surface area contributed by atoms with Gasteiger partial charge in [0.2, 0.25) is 0 Å². The van der Waals surface area contributed by atoms with Crippen molar-refractivity contribution in [2.45, 2.75) is 6.61 Å². The number of carbonyl (C=O) groups excluding carboxylic acids is 2. The van der Waals surface area contributed by atoms with E-state index < -0.39 is 18.5 Å². The Hall–Kier alpha value is -1.32. The van der Waals surface area contributed by atoms with E-state index in [-0.39, 0.29) is 75.8 Å². The van der Waals surface area contributed by atoms with Crippen LogP contribution >= 0.6 is 0 Å². The predicted molar refractivity (Wildman–Crippen MR) is 156 cm³/mol. The second-order valence-corrected chi connectivity index (χ2v) is 8.19. The molecule has 0 aliphatic carbocycles. The minimum Gasteiger partial charge on any atom is -0.548 e. The fourth-order valence-electron chi connectivity index (χ4n) is 2.55. The van der Waals surface area contributed by atoms with Gasteiger partial charge < -0.3 is 73.0 Å². The Morgan fingerprint density at radius 1 is 0.500 bits per heavy atom. The van der Waals surface area contributed by atoms with Gasteiger partial charge >= 0.3 is 35.5 Å². The zero-order valence-corrected chi connectivity index (χ0v) is 28.9. The van der Waals surface area contributed by atoms with Crippen LogP contribution in [-0.4, -0.2) is 165 Å². The molecule has 0 aliphatic rings. The van der Waals surface area contributed by atoms with Gasteiger partial charge in [-0.3, -0.25) is 0 Å². The zero-order chi connectivity index (χ0) is 33.5. The van der Waals surface area contributed by atoms with E-state index in [0.717, 1.165) is 5.56 Å². The number of hydrogen-bond donors (Lipinski definition) is 4. The number of ether oxygens (including phenoxy) is 9. The molecule has 1 rings (SSSR count). The monoisotopic (exact) mass is 678 g/mol. The number of rotatable bonds is 29. The summed E-state index contributed by atoms with van der Waals surface area (Å²) in [4.78, 5) is 21.3. The molecule has 0 saturated heterocycles. The molecular weight excluding hydrogens is 627 g/mol. The molecule has 4 N–H and O–H groups in total. The third-order valence-corrected chi connectivity index (χ3v) is 4.49. The number of esters is 1. The molecule has 0 radical (unpaired) electrons. The van der Waals surface area contributed by atoms with Gasteiger partial charge in [0.15, 0.2) is 0 Å². The average Bonchev–Trinajstić information content (AvgIpc) is 3.05. The normalized spacial score (nSPS) is 10.2. The van der Waals surface area contributed by atoms with Gasteiger partial charge in [0.25, 0.3) is 0 Å². The fourth-order valence-corrected chi connectivity index (χ4v) is 2.55. The number of aliphatic hydroxyl groups is 4. The summed E-state index contributed by atoms with van der Waals surface area (Å²) >= 11 is 0. The van der Waals surface area contributed by atoms with Crippen LogP contribution in [0.15, 0.2) is 30.3 Å². The van der Waals surface area contributed by atoms with E-state index in [0.29, 0.717) is 85.9 Å². The molecule has 16 nitrogen and oxygen atoms in total. The molecule has 17 heteroatoms. The van der Waals surface area contributed by atoms with Crippen molar-refractivity contribution in [3.63, 3.8) is 0 Å². The van der Waals surface area contributed by atoms with Crippen LogP contribution in [-0.2, 0) is 58.8 Å². The van der Waals surface area contributed by atoms with Gasteiger partial charge in [-0.25, -0.2) is 4.79 Å². The summed E-state index contributed by atoms with van der Waals surface area (Å²) < 4.78 is 44.7. The van der Waals surface area contributed by atoms with Gasteiger partial charge in [0, 0.05) is 0 Å². The van der Waals surface area contributed by atoms with Crippen molar-refractivity contribution in [1.29, 1.82) is 0 Å². The number of benzene rings is 1. The largest absolute Gasteiger partial charge is 1.00 e. The fraction of sp³-hybridized carbons (Fsp3) is 0.724. The molecule has 0 aromatic heterocycles. The molecule has 46 heavy (non-hydrogen) atoms. The quantitative estimate of drug-likeness (QED) is 0.0353. The van der Waals surface area contributed by atoms with Crippen LogP contribution in [0.4, 0.5) is 0 Å². The van der Waals surface area contributed by atoms with Crippen molar-refractivity contribution in [2.75, 3.05) is 132 Å². The molecule has 0 aliphatic heterocycles. The van der Waals surface area contributed by atoms with Crippen molar-refractivity contribution in [2.24, 2.45) is 0 Å². The Morgan fingerprint density at radius 3 is 1.17 bits per heavy atom. The first-order valence-electron chi connectivity index (χ1n) is 14.5. The summed E-state index contributed by atoms with van der Waals surface area (Å²) in [6.45, 7) is 4.99. The van der Waals surface area contributed by atoms with Crippen LogP contribution in [0.3, 0.4) is 0 Å². The average molecular weight is 679 g/mol. The summed E-state index contributed by atoms with van der Waals surface area (Å²) in [7, 11) is 0. The molecule has 0 amide bonds. The summed E-state index contributed by atoms with van der Waals surface area (Å²) in [5.41, 5.74) is 0.942. The van der Waals surface area contributed by atoms with Crippen LogP contribution in [0.2, 0.25) is 0 Å². The number of carbonyl (C=O) groups is 2. The first kappa shape index (κ1) is 49.1. The number of hydrogen-bond acceptors (Lipinski definition) is 16. The Balaban J connectivity index is -0.000000643. The third-order valence-electron chi connectivity index (χ3n) is 4.49. The Labute approximate surface area is 293 Å². The maximum absolute atomic E-state index is 11.4. The first-order chi connectivity index (χ1) is 22.0. The maximum Gasteiger partial charge on any atom is 1.00 e. The summed E-state index contributed by atoms with van der Waals surface area (Å²) in [6.07, 6.45) is 0. The van der Waals surface area contributed by atoms with Gasteiger partial charge in [-0.2, -0.15) is 0 Å². The summed E-state index contributed by atoms with van der Waals surface area (Å²) in [5, 5.41) is 43.2. The van der Waals surface area contributed by atoms with Crippen molar-refractivity contribution >= 4 is 11.9 Å². The van der Waals surface area contributed by atoms with Crippen molar-refractivity contribution in [1.82, 2.24) is 0 Å². The summed E-state index contributed by atoms with van der Waals surface area (Å²) in [5.74, 6) is -1.64. The van der Waals surface area contributed by atoms with E-state index in [1.165, 1.54) is 0 Å². The number of carboxylic acids is 1. The van der Waals surface area contributed by atoms with Crippen molar-refractivity contribution in [3.05, 3.63) is 35.9 Å². The molecule has 1 aromatic rings. The van der Waals surface area contributed by atoms with Crippen LogP contribution in [0.1, 0.15) is 5.56 Å². The maximum atomic E-state index is 11.4. The number of aliphatic hydroxyl groups excluding tert-OH is 4. The van der Waals surface area contributed by atoms with Crippen LogP contribution in [0.5, 0.6) is 0 Å². The molecule has 0 spiro atoms. The topological polar surface area (TPSA) is 221 Å². The van der Waals surface area contributed by atoms with Crippen LogP contribution in [0.25, 0.3) is 0 Å². The second kappa shape index (κ2) is 43.7. The van der Waals surface area contributed by atoms with E-state index in [1.54, 1.807) is 0 Å². The Bertz CT molecular complexity index is 724. The van der Waals surface area contributed by atoms with Crippen LogP contribution < -0.4 is 34.7 Å². The van der Waals surface area contributed by atoms with E-state index in [1.807, 2.05) is 30.3 Å². The van der Waals surface area contributed by atoms with Gasteiger partial charge in [0.05, 0.1) is 132 Å². The molecule has 0 bridgehead atoms. The molecule has 0 unspecified atom stereocenters. The molecule has 1 aromatic carbocycles. The zero-order valence-electron chi connectivity index (χ0n) is 26.9. The van der Waals surface area contributed by atoms with Gasteiger partial charge in [0.1, 0.15) is 13.2 Å². The van der Waals surface area contributed by atoms with Gasteiger partial charge in [-0.05, 0) is 5.56 Å². The smallest absolute Gasteiger partial charge is 0.548 e. The molecule has 0 fully saturated rings. The third kappa shape index (κ3) is 44.8. The van der Waals surface area contributed by atoms with Gasteiger partial charge in [-0.15, -0.1) is 0 Å². The van der Waals surface area contributed by atoms with E-state index in [4.69, 9.17) is 58.3 Å². The minimum atomic E-state index is -1.24. The first-order valence-corrected chi connectivity index (χ1v) is 14.5. The molecular formula is C29H51NaO16. The minimum absolute atomic E-state index is 0. The number of aliphatic carboxylic acids is 1. The van der Waals surface area contributed by atoms with E-state index >= 15 is 0 Å². The molecule has 0 saturated carbocycles. The second-order valence-electron chi connectivity index (χ2n) is 8.19. The van der Waals surface area contributed by atoms with Crippen LogP contribution in [0, 0.1) is 0 Å². The predicted octanol–water partition coefficient (Wildman–Crippen LogP) is -5.44. The molecule has 0 atom stereocenters.